The van der Waals surface area contributed by atoms with Crippen molar-refractivity contribution in [3.8, 4) is 17.6 Å². The summed E-state index contributed by atoms with van der Waals surface area (Å²) in [4.78, 5) is 24.7. The summed E-state index contributed by atoms with van der Waals surface area (Å²) in [5.41, 5.74) is -1.36. The molecule has 7 nitrogen and oxygen atoms in total. The van der Waals surface area contributed by atoms with E-state index in [9.17, 15) is 32.4 Å². The highest BCUT2D eigenvalue weighted by Crippen LogP contribution is 2.37. The summed E-state index contributed by atoms with van der Waals surface area (Å²) >= 11 is 6.26. The van der Waals surface area contributed by atoms with Gasteiger partial charge < -0.3 is 20.1 Å². The second-order valence-electron chi connectivity index (χ2n) is 7.55. The van der Waals surface area contributed by atoms with Gasteiger partial charge in [-0.25, -0.2) is 4.39 Å². The van der Waals surface area contributed by atoms with E-state index in [0.717, 1.165) is 24.3 Å². The number of nitriles is 1. The third-order valence-corrected chi connectivity index (χ3v) is 5.15. The first-order valence-electron chi connectivity index (χ1n) is 10.7. The molecular formula is C26H18ClF4N3O4. The summed E-state index contributed by atoms with van der Waals surface area (Å²) in [6, 6.07) is 13.9. The average Bonchev–Trinajstić information content (AvgIpc) is 2.87. The fraction of sp³-hybridized carbons (Fsp3) is 0.115. The van der Waals surface area contributed by atoms with Crippen LogP contribution in [-0.4, -0.2) is 25.5 Å². The standard InChI is InChI=1S/C26H18ClF4N3O4/c1-37-22-11-15(9-16(13-32)25(36)33-18-6-4-5-17(12-18)26(29,30)31)10-19(27)24(22)38-14-23(35)34-21-8-3-2-7-20(21)28/h2-12H,14H2,1H3,(H,33,36)(H,34,35)/b16-9+. The van der Waals surface area contributed by atoms with Crippen molar-refractivity contribution in [3.05, 3.63) is 88.2 Å². The monoisotopic (exact) mass is 547 g/mol. The van der Waals surface area contributed by atoms with E-state index in [1.54, 1.807) is 12.1 Å². The predicted molar refractivity (Wildman–Crippen MR) is 132 cm³/mol. The Morgan fingerprint density at radius 3 is 2.47 bits per heavy atom. The van der Waals surface area contributed by atoms with Gasteiger partial charge in [-0.2, -0.15) is 18.4 Å². The summed E-state index contributed by atoms with van der Waals surface area (Å²) in [7, 11) is 1.29. The lowest BCUT2D eigenvalue weighted by atomic mass is 10.1. The van der Waals surface area contributed by atoms with Crippen LogP contribution in [0.4, 0.5) is 28.9 Å². The summed E-state index contributed by atoms with van der Waals surface area (Å²) in [5, 5.41) is 14.0. The largest absolute Gasteiger partial charge is 0.493 e. The number of nitrogens with zero attached hydrogens (tertiary/aromatic N) is 1. The highest BCUT2D eigenvalue weighted by Gasteiger charge is 2.30. The number of alkyl halides is 3. The number of carbonyl (C=O) groups is 2. The van der Waals surface area contributed by atoms with Gasteiger partial charge in [0.05, 0.1) is 23.4 Å². The predicted octanol–water partition coefficient (Wildman–Crippen LogP) is 6.07. The number of para-hydroxylation sites is 1. The van der Waals surface area contributed by atoms with Gasteiger partial charge in [0, 0.05) is 5.69 Å². The van der Waals surface area contributed by atoms with Gasteiger partial charge in [-0.15, -0.1) is 0 Å². The molecule has 3 rings (SSSR count). The van der Waals surface area contributed by atoms with Crippen molar-refractivity contribution in [3.63, 3.8) is 0 Å². The van der Waals surface area contributed by atoms with Gasteiger partial charge in [0.2, 0.25) is 0 Å². The third-order valence-electron chi connectivity index (χ3n) is 4.87. The van der Waals surface area contributed by atoms with E-state index in [1.165, 1.54) is 43.5 Å². The topological polar surface area (TPSA) is 100 Å². The molecule has 0 aliphatic rings. The van der Waals surface area contributed by atoms with Gasteiger partial charge in [0.25, 0.3) is 11.8 Å². The molecule has 0 aliphatic carbocycles. The minimum atomic E-state index is -4.61. The molecule has 196 valence electrons. The van der Waals surface area contributed by atoms with E-state index in [-0.39, 0.29) is 33.5 Å². The first-order valence-corrected chi connectivity index (χ1v) is 11.0. The Bertz CT molecular complexity index is 1430. The second kappa shape index (κ2) is 12.1. The van der Waals surface area contributed by atoms with Gasteiger partial charge in [-0.1, -0.05) is 29.8 Å². The average molecular weight is 548 g/mol. The van der Waals surface area contributed by atoms with Gasteiger partial charge in [-0.05, 0) is 54.1 Å². The van der Waals surface area contributed by atoms with Gasteiger partial charge >= 0.3 is 6.18 Å². The molecule has 0 heterocycles. The highest BCUT2D eigenvalue weighted by atomic mass is 35.5. The van der Waals surface area contributed by atoms with E-state index < -0.39 is 41.6 Å². The van der Waals surface area contributed by atoms with E-state index in [1.807, 2.05) is 0 Å². The number of halogens is 5. The SMILES string of the molecule is COc1cc(/C=C(\C#N)C(=O)Nc2cccc(C(F)(F)F)c2)cc(Cl)c1OCC(=O)Nc1ccccc1F. The molecule has 2 N–H and O–H groups in total. The fourth-order valence-corrected chi connectivity index (χ4v) is 3.41. The van der Waals surface area contributed by atoms with Crippen molar-refractivity contribution in [2.75, 3.05) is 24.4 Å². The number of nitrogens with one attached hydrogen (secondary N) is 2. The van der Waals surface area contributed by atoms with Crippen LogP contribution in [0.2, 0.25) is 5.02 Å². The van der Waals surface area contributed by atoms with E-state index in [2.05, 4.69) is 10.6 Å². The molecule has 0 bridgehead atoms. The summed E-state index contributed by atoms with van der Waals surface area (Å²) in [6.07, 6.45) is -3.46. The van der Waals surface area contributed by atoms with Crippen LogP contribution >= 0.6 is 11.6 Å². The molecule has 0 saturated carbocycles. The smallest absolute Gasteiger partial charge is 0.416 e. The van der Waals surface area contributed by atoms with Crippen molar-refractivity contribution in [1.29, 1.82) is 5.26 Å². The molecule has 0 spiro atoms. The number of anilines is 2. The van der Waals surface area contributed by atoms with Gasteiger partial charge in [-0.3, -0.25) is 9.59 Å². The Morgan fingerprint density at radius 2 is 1.82 bits per heavy atom. The van der Waals surface area contributed by atoms with E-state index in [4.69, 9.17) is 21.1 Å². The van der Waals surface area contributed by atoms with Crippen LogP contribution in [0, 0.1) is 17.1 Å². The quantitative estimate of drug-likeness (QED) is 0.202. The molecule has 0 unspecified atom stereocenters. The van der Waals surface area contributed by atoms with Crippen molar-refractivity contribution in [1.82, 2.24) is 0 Å². The molecule has 0 saturated heterocycles. The van der Waals surface area contributed by atoms with Gasteiger partial charge in [0.15, 0.2) is 18.1 Å². The molecule has 0 aromatic heterocycles. The Kier molecular flexibility index (Phi) is 8.94. The summed E-state index contributed by atoms with van der Waals surface area (Å²) in [5.74, 6) is -2.22. The van der Waals surface area contributed by atoms with Crippen molar-refractivity contribution >= 4 is 40.9 Å². The van der Waals surface area contributed by atoms with Crippen LogP contribution in [0.25, 0.3) is 6.08 Å². The second-order valence-corrected chi connectivity index (χ2v) is 7.96. The van der Waals surface area contributed by atoms with Crippen molar-refractivity contribution in [2.24, 2.45) is 0 Å². The Hall–Kier alpha value is -4.56. The molecule has 38 heavy (non-hydrogen) atoms. The lowest BCUT2D eigenvalue weighted by Crippen LogP contribution is -2.21. The maximum absolute atomic E-state index is 13.7. The number of carbonyl (C=O) groups excluding carboxylic acids is 2. The minimum Gasteiger partial charge on any atom is -0.493 e. The number of benzene rings is 3. The zero-order valence-corrected chi connectivity index (χ0v) is 20.3. The van der Waals surface area contributed by atoms with E-state index >= 15 is 0 Å². The lowest BCUT2D eigenvalue weighted by molar-refractivity contribution is -0.137. The van der Waals surface area contributed by atoms with Crippen molar-refractivity contribution < 1.29 is 36.6 Å². The molecule has 2 amide bonds. The summed E-state index contributed by atoms with van der Waals surface area (Å²) in [6.45, 7) is -0.539. The van der Waals surface area contributed by atoms with Crippen LogP contribution in [0.5, 0.6) is 11.5 Å². The number of methoxy groups -OCH3 is 1. The van der Waals surface area contributed by atoms with Crippen LogP contribution in [-0.2, 0) is 15.8 Å². The maximum Gasteiger partial charge on any atom is 0.416 e. The van der Waals surface area contributed by atoms with E-state index in [0.29, 0.717) is 0 Å². The Labute approximate surface area is 219 Å². The first-order chi connectivity index (χ1) is 18.0. The number of amides is 2. The Morgan fingerprint density at radius 1 is 1.08 bits per heavy atom. The van der Waals surface area contributed by atoms with Crippen molar-refractivity contribution in [2.45, 2.75) is 6.18 Å². The first kappa shape index (κ1) is 28.0. The Balaban J connectivity index is 1.76. The lowest BCUT2D eigenvalue weighted by Gasteiger charge is -2.14. The zero-order valence-electron chi connectivity index (χ0n) is 19.5. The normalized spacial score (nSPS) is 11.3. The van der Waals surface area contributed by atoms with Gasteiger partial charge in [0.1, 0.15) is 17.5 Å². The molecule has 0 aliphatic heterocycles. The van der Waals surface area contributed by atoms with Crippen LogP contribution in [0.3, 0.4) is 0 Å². The highest BCUT2D eigenvalue weighted by molar-refractivity contribution is 6.32. The number of ether oxygens (including phenoxy) is 2. The number of rotatable bonds is 8. The summed E-state index contributed by atoms with van der Waals surface area (Å²) < 4.78 is 63.2. The molecule has 12 heteroatoms. The molecule has 3 aromatic carbocycles. The van der Waals surface area contributed by atoms with Crippen LogP contribution in [0.15, 0.2) is 66.2 Å². The fourth-order valence-electron chi connectivity index (χ4n) is 3.14. The maximum atomic E-state index is 13.7. The molecule has 3 aromatic rings. The van der Waals surface area contributed by atoms with Crippen LogP contribution < -0.4 is 20.1 Å². The molecular weight excluding hydrogens is 530 g/mol. The molecule has 0 fully saturated rings. The number of hydrogen-bond acceptors (Lipinski definition) is 5. The molecule has 0 atom stereocenters. The zero-order chi connectivity index (χ0) is 27.9. The minimum absolute atomic E-state index is 0.0260. The number of hydrogen-bond donors (Lipinski definition) is 2. The van der Waals surface area contributed by atoms with Crippen LogP contribution in [0.1, 0.15) is 11.1 Å². The molecule has 0 radical (unpaired) electrons. The third kappa shape index (κ3) is 7.24.